The smallest absolute Gasteiger partial charge is 0.115 e. The summed E-state index contributed by atoms with van der Waals surface area (Å²) < 4.78 is 0. The molecule has 2 atom stereocenters. The lowest BCUT2D eigenvalue weighted by atomic mass is 9.84. The van der Waals surface area contributed by atoms with Crippen molar-refractivity contribution in [3.05, 3.63) is 59.7 Å². The summed E-state index contributed by atoms with van der Waals surface area (Å²) in [5, 5.41) is 19.0. The number of hydrogen-bond acceptors (Lipinski definition) is 2. The highest BCUT2D eigenvalue weighted by Gasteiger charge is 2.40. The molecule has 3 rings (SSSR count). The summed E-state index contributed by atoms with van der Waals surface area (Å²) in [5.41, 5.74) is 2.89. The summed E-state index contributed by atoms with van der Waals surface area (Å²) in [6.07, 6.45) is 2.28. The predicted octanol–water partition coefficient (Wildman–Crippen LogP) is 5.81. The summed E-state index contributed by atoms with van der Waals surface area (Å²) >= 11 is 0. The monoisotopic (exact) mass is 312 g/mol. The van der Waals surface area contributed by atoms with Crippen molar-refractivity contribution in [1.29, 1.82) is 0 Å². The Morgan fingerprint density at radius 2 is 1.00 bits per heavy atom. The highest BCUT2D eigenvalue weighted by molar-refractivity contribution is 5.36. The van der Waals surface area contributed by atoms with E-state index in [4.69, 9.17) is 0 Å². The molecule has 0 radical (unpaired) electrons. The molecule has 124 valence electrons. The topological polar surface area (TPSA) is 40.5 Å². The van der Waals surface area contributed by atoms with Crippen LogP contribution in [0.3, 0.4) is 0 Å². The number of hydrogen-bond donors (Lipinski definition) is 2. The molecule has 2 unspecified atom stereocenters. The molecule has 2 heteroatoms. The van der Waals surface area contributed by atoms with Crippen LogP contribution >= 0.6 is 0 Å². The van der Waals surface area contributed by atoms with Crippen molar-refractivity contribution in [3.8, 4) is 11.5 Å². The predicted molar refractivity (Wildman–Crippen MR) is 96.1 cm³/mol. The second-order valence-electron chi connectivity index (χ2n) is 6.97. The first-order valence-electron chi connectivity index (χ1n) is 8.52. The van der Waals surface area contributed by atoms with Gasteiger partial charge in [-0.25, -0.2) is 0 Å². The van der Waals surface area contributed by atoms with Crippen molar-refractivity contribution in [3.63, 3.8) is 0 Å². The standard InChI is InChI=1S/C19H22O2.C2H6/c1-19(2)11-17(13-3-7-15(20)8-4-13)18(12-19)14-5-9-16(21)10-6-14;1-2/h3-10,17-18,20-21H,11-12H2,1-2H3;1-2H3. The molecule has 2 N–H and O–H groups in total. The Kier molecular flexibility index (Phi) is 5.35. The molecule has 0 aliphatic heterocycles. The third-order valence-corrected chi connectivity index (χ3v) is 4.67. The molecule has 0 spiro atoms. The van der Waals surface area contributed by atoms with Crippen LogP contribution in [-0.2, 0) is 0 Å². The fourth-order valence-corrected chi connectivity index (χ4v) is 3.70. The second kappa shape index (κ2) is 7.08. The van der Waals surface area contributed by atoms with Crippen LogP contribution in [0.25, 0.3) is 0 Å². The summed E-state index contributed by atoms with van der Waals surface area (Å²) in [6.45, 7) is 8.64. The van der Waals surface area contributed by atoms with E-state index in [9.17, 15) is 10.2 Å². The third kappa shape index (κ3) is 4.07. The van der Waals surface area contributed by atoms with E-state index >= 15 is 0 Å². The molecule has 2 aromatic rings. The van der Waals surface area contributed by atoms with Gasteiger partial charge in [0.05, 0.1) is 0 Å². The van der Waals surface area contributed by atoms with E-state index in [1.165, 1.54) is 11.1 Å². The van der Waals surface area contributed by atoms with Crippen LogP contribution in [0.4, 0.5) is 0 Å². The van der Waals surface area contributed by atoms with Gasteiger partial charge in [0.25, 0.3) is 0 Å². The van der Waals surface area contributed by atoms with Crippen molar-refractivity contribution in [1.82, 2.24) is 0 Å². The molecule has 2 aromatic carbocycles. The molecule has 0 amide bonds. The molecule has 1 aliphatic carbocycles. The molecule has 0 heterocycles. The Labute approximate surface area is 139 Å². The van der Waals surface area contributed by atoms with Gasteiger partial charge in [-0.1, -0.05) is 52.0 Å². The Bertz CT molecular complexity index is 556. The second-order valence-corrected chi connectivity index (χ2v) is 6.97. The van der Waals surface area contributed by atoms with E-state index in [-0.39, 0.29) is 0 Å². The van der Waals surface area contributed by atoms with Crippen molar-refractivity contribution < 1.29 is 10.2 Å². The number of rotatable bonds is 2. The highest BCUT2D eigenvalue weighted by atomic mass is 16.3. The van der Waals surface area contributed by atoms with Gasteiger partial charge >= 0.3 is 0 Å². The summed E-state index contributed by atoms with van der Waals surface area (Å²) in [6, 6.07) is 15.2. The van der Waals surface area contributed by atoms with Gasteiger partial charge in [-0.3, -0.25) is 0 Å². The van der Waals surface area contributed by atoms with E-state index in [1.54, 1.807) is 24.3 Å². The van der Waals surface area contributed by atoms with Crippen LogP contribution in [0.1, 0.15) is 63.5 Å². The zero-order chi connectivity index (χ0) is 17.0. The van der Waals surface area contributed by atoms with E-state index in [1.807, 2.05) is 38.1 Å². The summed E-state index contributed by atoms with van der Waals surface area (Å²) in [4.78, 5) is 0. The minimum atomic E-state index is 0.311. The molecule has 0 saturated heterocycles. The van der Waals surface area contributed by atoms with Gasteiger partial charge < -0.3 is 10.2 Å². The van der Waals surface area contributed by atoms with Crippen LogP contribution in [0.5, 0.6) is 11.5 Å². The van der Waals surface area contributed by atoms with Crippen molar-refractivity contribution in [2.75, 3.05) is 0 Å². The molecule has 23 heavy (non-hydrogen) atoms. The lowest BCUT2D eigenvalue weighted by molar-refractivity contribution is 0.372. The van der Waals surface area contributed by atoms with Crippen molar-refractivity contribution in [2.45, 2.75) is 52.4 Å². The number of benzene rings is 2. The molecular formula is C21H28O2. The minimum absolute atomic E-state index is 0.311. The minimum Gasteiger partial charge on any atom is -0.508 e. The fraction of sp³-hybridized carbons (Fsp3) is 0.429. The maximum Gasteiger partial charge on any atom is 0.115 e. The first kappa shape index (κ1) is 17.4. The molecule has 1 aliphatic rings. The molecule has 2 nitrogen and oxygen atoms in total. The van der Waals surface area contributed by atoms with Gasteiger partial charge in [0.1, 0.15) is 11.5 Å². The molecule has 0 aromatic heterocycles. The number of phenols is 2. The largest absolute Gasteiger partial charge is 0.508 e. The van der Waals surface area contributed by atoms with Gasteiger partial charge in [0, 0.05) is 0 Å². The highest BCUT2D eigenvalue weighted by Crippen LogP contribution is 2.54. The Morgan fingerprint density at radius 3 is 1.30 bits per heavy atom. The molecular weight excluding hydrogens is 284 g/mol. The van der Waals surface area contributed by atoms with Crippen molar-refractivity contribution in [2.24, 2.45) is 5.41 Å². The van der Waals surface area contributed by atoms with Gasteiger partial charge in [-0.15, -0.1) is 0 Å². The van der Waals surface area contributed by atoms with Crippen LogP contribution in [0.2, 0.25) is 0 Å². The maximum absolute atomic E-state index is 9.49. The van der Waals surface area contributed by atoms with E-state index < -0.39 is 0 Å². The van der Waals surface area contributed by atoms with Gasteiger partial charge in [-0.05, 0) is 65.5 Å². The average molecular weight is 312 g/mol. The van der Waals surface area contributed by atoms with E-state index in [0.717, 1.165) is 12.8 Å². The summed E-state index contributed by atoms with van der Waals surface area (Å²) in [7, 11) is 0. The first-order valence-corrected chi connectivity index (χ1v) is 8.52. The van der Waals surface area contributed by atoms with Crippen LogP contribution in [0, 0.1) is 5.41 Å². The lowest BCUT2D eigenvalue weighted by Crippen LogP contribution is -2.04. The fourth-order valence-electron chi connectivity index (χ4n) is 3.70. The first-order chi connectivity index (χ1) is 10.9. The van der Waals surface area contributed by atoms with Crippen LogP contribution in [-0.4, -0.2) is 10.2 Å². The SMILES string of the molecule is CC.CC1(C)CC(c2ccc(O)cc2)C(c2ccc(O)cc2)C1. The average Bonchev–Trinajstić information content (AvgIpc) is 2.86. The van der Waals surface area contributed by atoms with Crippen LogP contribution < -0.4 is 0 Å². The number of phenolic OH excluding ortho intramolecular Hbond substituents is 2. The zero-order valence-electron chi connectivity index (χ0n) is 14.6. The Hall–Kier alpha value is -1.96. The molecule has 0 bridgehead atoms. The van der Waals surface area contributed by atoms with Crippen molar-refractivity contribution >= 4 is 0 Å². The normalized spacial score (nSPS) is 22.3. The maximum atomic E-state index is 9.49. The summed E-state index contributed by atoms with van der Waals surface area (Å²) in [5.74, 6) is 1.56. The third-order valence-electron chi connectivity index (χ3n) is 4.67. The van der Waals surface area contributed by atoms with Gasteiger partial charge in [0.15, 0.2) is 0 Å². The lowest BCUT2D eigenvalue weighted by Gasteiger charge is -2.20. The zero-order valence-corrected chi connectivity index (χ0v) is 14.6. The van der Waals surface area contributed by atoms with Crippen LogP contribution in [0.15, 0.2) is 48.5 Å². The van der Waals surface area contributed by atoms with Gasteiger partial charge in [0.2, 0.25) is 0 Å². The van der Waals surface area contributed by atoms with E-state index in [0.29, 0.717) is 28.7 Å². The van der Waals surface area contributed by atoms with Gasteiger partial charge in [-0.2, -0.15) is 0 Å². The quantitative estimate of drug-likeness (QED) is 0.734. The van der Waals surface area contributed by atoms with E-state index in [2.05, 4.69) is 13.8 Å². The molecule has 1 saturated carbocycles. The Morgan fingerprint density at radius 1 is 0.696 bits per heavy atom. The molecule has 1 fully saturated rings. The Balaban J connectivity index is 0.000000924. The number of aromatic hydroxyl groups is 2.